The summed E-state index contributed by atoms with van der Waals surface area (Å²) in [4.78, 5) is 24.4. The highest BCUT2D eigenvalue weighted by molar-refractivity contribution is 9.10. The highest BCUT2D eigenvalue weighted by atomic mass is 79.9. The lowest BCUT2D eigenvalue weighted by molar-refractivity contribution is 0.139. The lowest BCUT2D eigenvalue weighted by Gasteiger charge is -2.11. The van der Waals surface area contributed by atoms with Crippen LogP contribution in [0.5, 0.6) is 0 Å². The van der Waals surface area contributed by atoms with Gasteiger partial charge >= 0.3 is 6.09 Å². The molecule has 0 aliphatic carbocycles. The van der Waals surface area contributed by atoms with Crippen LogP contribution < -0.4 is 10.9 Å². The number of hydrogen-bond donors (Lipinski definition) is 1. The summed E-state index contributed by atoms with van der Waals surface area (Å²) in [6.07, 6.45) is 0.00883. The molecule has 0 fully saturated rings. The number of amides is 1. The van der Waals surface area contributed by atoms with Gasteiger partial charge in [-0.2, -0.15) is 0 Å². The van der Waals surface area contributed by atoms with Gasteiger partial charge in [-0.3, -0.25) is 9.48 Å². The zero-order chi connectivity index (χ0) is 19.2. The van der Waals surface area contributed by atoms with Crippen molar-refractivity contribution in [3.63, 3.8) is 0 Å². The molecule has 1 aromatic heterocycles. The van der Waals surface area contributed by atoms with Crippen LogP contribution in [0.1, 0.15) is 11.3 Å². The van der Waals surface area contributed by atoms with Crippen molar-refractivity contribution in [3.05, 3.63) is 86.7 Å². The number of nitrogens with one attached hydrogen (secondary N) is 1. The van der Waals surface area contributed by atoms with Crippen LogP contribution in [-0.2, 0) is 24.8 Å². The molecule has 7 heteroatoms. The zero-order valence-corrected chi connectivity index (χ0v) is 16.5. The van der Waals surface area contributed by atoms with E-state index in [0.717, 1.165) is 16.9 Å². The Labute approximate surface area is 165 Å². The van der Waals surface area contributed by atoms with Crippen molar-refractivity contribution in [1.29, 1.82) is 0 Å². The highest BCUT2D eigenvalue weighted by Gasteiger charge is 2.16. The average molecular weight is 430 g/mol. The number of aromatic nitrogens is 2. The Balaban J connectivity index is 1.60. The number of halogens is 1. The van der Waals surface area contributed by atoms with Crippen molar-refractivity contribution in [2.45, 2.75) is 13.0 Å². The fourth-order valence-electron chi connectivity index (χ4n) is 2.80. The van der Waals surface area contributed by atoms with Gasteiger partial charge in [-0.25, -0.2) is 9.48 Å². The van der Waals surface area contributed by atoms with Gasteiger partial charge in [0.2, 0.25) is 0 Å². The summed E-state index contributed by atoms with van der Waals surface area (Å²) >= 11 is 3.38. The molecule has 1 heterocycles. The number of ether oxygens (including phenoxy) is 1. The first-order chi connectivity index (χ1) is 13.1. The molecule has 3 rings (SSSR count). The minimum atomic E-state index is -0.484. The summed E-state index contributed by atoms with van der Waals surface area (Å²) in [5.41, 5.74) is 2.38. The third kappa shape index (κ3) is 4.49. The Morgan fingerprint density at radius 1 is 1.07 bits per heavy atom. The van der Waals surface area contributed by atoms with Gasteiger partial charge in [-0.05, 0) is 33.6 Å². The number of rotatable bonds is 6. The quantitative estimate of drug-likeness (QED) is 0.652. The summed E-state index contributed by atoms with van der Waals surface area (Å²) in [5, 5.41) is 2.72. The predicted octanol–water partition coefficient (Wildman–Crippen LogP) is 3.41. The molecule has 0 spiro atoms. The number of carbonyl (C=O) groups excluding carboxylic acids is 1. The second kappa shape index (κ2) is 8.73. The fourth-order valence-corrected chi connectivity index (χ4v) is 3.43. The third-order valence-electron chi connectivity index (χ3n) is 4.17. The molecule has 27 heavy (non-hydrogen) atoms. The largest absolute Gasteiger partial charge is 0.445 e. The maximum atomic E-state index is 12.6. The Kier molecular flexibility index (Phi) is 6.13. The summed E-state index contributed by atoms with van der Waals surface area (Å²) in [6.45, 7) is 0.581. The molecule has 0 saturated carbocycles. The van der Waals surface area contributed by atoms with Crippen molar-refractivity contribution >= 4 is 22.0 Å². The first kappa shape index (κ1) is 19.0. The molecule has 0 atom stereocenters. The van der Waals surface area contributed by atoms with E-state index in [4.69, 9.17) is 4.74 Å². The molecular weight excluding hydrogens is 410 g/mol. The normalized spacial score (nSPS) is 10.6. The van der Waals surface area contributed by atoms with Crippen molar-refractivity contribution in [1.82, 2.24) is 14.7 Å². The van der Waals surface area contributed by atoms with Gasteiger partial charge in [-0.15, -0.1) is 0 Å². The van der Waals surface area contributed by atoms with Crippen LogP contribution in [0.4, 0.5) is 4.79 Å². The van der Waals surface area contributed by atoms with Gasteiger partial charge in [0.25, 0.3) is 5.56 Å². The van der Waals surface area contributed by atoms with Gasteiger partial charge in [0.15, 0.2) is 0 Å². The van der Waals surface area contributed by atoms with E-state index < -0.39 is 6.09 Å². The molecule has 0 aliphatic heterocycles. The molecule has 0 aliphatic rings. The standard InChI is InChI=1S/C20H20BrN3O3/c1-23-17(18(21)19(25)24(23)16-10-6-3-7-11-16)12-13-22-20(26)27-14-15-8-4-2-5-9-15/h2-11H,12-14H2,1H3,(H,22,26). The van der Waals surface area contributed by atoms with Gasteiger partial charge in [0, 0.05) is 20.0 Å². The first-order valence-corrected chi connectivity index (χ1v) is 9.33. The lowest BCUT2D eigenvalue weighted by atomic mass is 10.2. The van der Waals surface area contributed by atoms with E-state index in [9.17, 15) is 9.59 Å². The van der Waals surface area contributed by atoms with E-state index in [0.29, 0.717) is 17.4 Å². The minimum Gasteiger partial charge on any atom is -0.445 e. The average Bonchev–Trinajstić information content (AvgIpc) is 2.91. The van der Waals surface area contributed by atoms with E-state index >= 15 is 0 Å². The molecule has 1 N–H and O–H groups in total. The van der Waals surface area contributed by atoms with Crippen LogP contribution in [0.25, 0.3) is 5.69 Å². The summed E-state index contributed by atoms with van der Waals surface area (Å²) in [6, 6.07) is 18.9. The highest BCUT2D eigenvalue weighted by Crippen LogP contribution is 2.16. The van der Waals surface area contributed by atoms with E-state index in [-0.39, 0.29) is 12.2 Å². The Bertz CT molecular complexity index is 965. The van der Waals surface area contributed by atoms with Crippen LogP contribution in [0.3, 0.4) is 0 Å². The number of para-hydroxylation sites is 1. The van der Waals surface area contributed by atoms with E-state index in [1.54, 1.807) is 9.36 Å². The summed E-state index contributed by atoms with van der Waals surface area (Å²) in [5.74, 6) is 0. The van der Waals surface area contributed by atoms with Crippen LogP contribution in [-0.4, -0.2) is 22.0 Å². The van der Waals surface area contributed by atoms with E-state index in [1.165, 1.54) is 0 Å². The molecule has 3 aromatic rings. The molecule has 140 valence electrons. The first-order valence-electron chi connectivity index (χ1n) is 8.54. The Morgan fingerprint density at radius 3 is 2.37 bits per heavy atom. The SMILES string of the molecule is Cn1c(CCNC(=O)OCc2ccccc2)c(Br)c(=O)n1-c1ccccc1. The zero-order valence-electron chi connectivity index (χ0n) is 14.9. The molecule has 0 bridgehead atoms. The summed E-state index contributed by atoms with van der Waals surface area (Å²) < 4.78 is 9.06. The minimum absolute atomic E-state index is 0.134. The molecular formula is C20H20BrN3O3. The fraction of sp³-hybridized carbons (Fsp3) is 0.200. The number of carbonyl (C=O) groups is 1. The molecule has 2 aromatic carbocycles. The van der Waals surface area contributed by atoms with Gasteiger partial charge < -0.3 is 10.1 Å². The topological polar surface area (TPSA) is 65.3 Å². The van der Waals surface area contributed by atoms with Crippen molar-refractivity contribution in [3.8, 4) is 5.69 Å². The smallest absolute Gasteiger partial charge is 0.407 e. The molecule has 0 saturated heterocycles. The van der Waals surface area contributed by atoms with E-state index in [1.807, 2.05) is 67.7 Å². The maximum absolute atomic E-state index is 12.6. The van der Waals surface area contributed by atoms with Crippen LogP contribution in [0.2, 0.25) is 0 Å². The van der Waals surface area contributed by atoms with Crippen LogP contribution in [0.15, 0.2) is 69.9 Å². The second-order valence-corrected chi connectivity index (χ2v) is 6.77. The monoisotopic (exact) mass is 429 g/mol. The van der Waals surface area contributed by atoms with Gasteiger partial charge in [0.05, 0.1) is 11.4 Å². The van der Waals surface area contributed by atoms with Crippen LogP contribution in [0, 0.1) is 0 Å². The maximum Gasteiger partial charge on any atom is 0.407 e. The van der Waals surface area contributed by atoms with Crippen molar-refractivity contribution < 1.29 is 9.53 Å². The van der Waals surface area contributed by atoms with E-state index in [2.05, 4.69) is 21.2 Å². The Hall–Kier alpha value is -2.80. The summed E-state index contributed by atoms with van der Waals surface area (Å²) in [7, 11) is 1.82. The molecule has 0 unspecified atom stereocenters. The van der Waals surface area contributed by atoms with Crippen molar-refractivity contribution in [2.24, 2.45) is 7.05 Å². The predicted molar refractivity (Wildman–Crippen MR) is 107 cm³/mol. The van der Waals surface area contributed by atoms with Crippen molar-refractivity contribution in [2.75, 3.05) is 6.54 Å². The lowest BCUT2D eigenvalue weighted by Crippen LogP contribution is -2.27. The number of alkyl carbamates (subject to hydrolysis) is 1. The second-order valence-electron chi connectivity index (χ2n) is 5.98. The number of nitrogens with zero attached hydrogens (tertiary/aromatic N) is 2. The molecule has 6 nitrogen and oxygen atoms in total. The number of hydrogen-bond acceptors (Lipinski definition) is 3. The molecule has 0 radical (unpaired) electrons. The third-order valence-corrected chi connectivity index (χ3v) is 4.97. The molecule has 1 amide bonds. The Morgan fingerprint density at radius 2 is 1.70 bits per heavy atom. The number of benzene rings is 2. The van der Waals surface area contributed by atoms with Gasteiger partial charge in [-0.1, -0.05) is 48.5 Å². The van der Waals surface area contributed by atoms with Gasteiger partial charge in [0.1, 0.15) is 11.1 Å². The van der Waals surface area contributed by atoms with Crippen LogP contribution >= 0.6 is 15.9 Å².